The molecule has 2 aromatic carbocycles. The van der Waals surface area contributed by atoms with Crippen LogP contribution < -0.4 is 9.03 Å². The normalized spacial score (nSPS) is 18.3. The fourth-order valence-electron chi connectivity index (χ4n) is 2.85. The summed E-state index contributed by atoms with van der Waals surface area (Å²) in [5.74, 6) is -0.870. The molecule has 1 fully saturated rings. The third-order valence-corrected chi connectivity index (χ3v) is 7.93. The highest BCUT2D eigenvalue weighted by atomic mass is 35.5. The molecule has 0 spiro atoms. The molecule has 0 saturated carbocycles. The molecule has 0 bridgehead atoms. The lowest BCUT2D eigenvalue weighted by molar-refractivity contribution is -0.123. The zero-order valence-corrected chi connectivity index (χ0v) is 18.0. The Morgan fingerprint density at radius 1 is 1.04 bits per heavy atom. The molecule has 150 valence electrons. The van der Waals surface area contributed by atoms with E-state index in [4.69, 9.17) is 23.2 Å². The molecule has 1 saturated heterocycles. The zero-order valence-electron chi connectivity index (χ0n) is 14.8. The Bertz CT molecular complexity index is 1140. The minimum Gasteiger partial charge on any atom is -0.280 e. The molecule has 2 aromatic rings. The van der Waals surface area contributed by atoms with E-state index in [0.717, 1.165) is 0 Å². The van der Waals surface area contributed by atoms with Crippen LogP contribution in [0, 0.1) is 5.41 Å². The van der Waals surface area contributed by atoms with Crippen molar-refractivity contribution in [2.45, 2.75) is 18.7 Å². The summed E-state index contributed by atoms with van der Waals surface area (Å²) in [6, 6.07) is 9.25. The summed E-state index contributed by atoms with van der Waals surface area (Å²) in [7, 11) is -7.79. The van der Waals surface area contributed by atoms with E-state index in [9.17, 15) is 21.6 Å². The summed E-state index contributed by atoms with van der Waals surface area (Å²) in [5.41, 5.74) is -0.780. The van der Waals surface area contributed by atoms with Gasteiger partial charge in [-0.2, -0.15) is 0 Å². The lowest BCUT2D eigenvalue weighted by Gasteiger charge is -2.17. The number of hydrogen-bond donors (Lipinski definition) is 1. The first kappa shape index (κ1) is 20.9. The highest BCUT2D eigenvalue weighted by molar-refractivity contribution is 7.94. The van der Waals surface area contributed by atoms with Gasteiger partial charge in [0, 0.05) is 10.0 Å². The van der Waals surface area contributed by atoms with Crippen LogP contribution in [-0.4, -0.2) is 28.5 Å². The zero-order chi connectivity index (χ0) is 20.9. The second kappa shape index (κ2) is 6.91. The van der Waals surface area contributed by atoms with Gasteiger partial charge in [0.25, 0.3) is 10.0 Å². The molecular weight excluding hydrogens is 447 g/mol. The van der Waals surface area contributed by atoms with Crippen LogP contribution in [0.1, 0.15) is 13.8 Å². The average molecular weight is 463 g/mol. The SMILES string of the molecule is CC1(C)CS(=O)(=O)N(c2ccc(S(=O)(=O)Nc3cc(Cl)cc(Cl)c3)cc2)C1=O. The number of rotatable bonds is 4. The van der Waals surface area contributed by atoms with E-state index in [1.54, 1.807) is 13.8 Å². The number of amides is 1. The van der Waals surface area contributed by atoms with Crippen LogP contribution in [0.3, 0.4) is 0 Å². The largest absolute Gasteiger partial charge is 0.280 e. The molecule has 1 aliphatic rings. The summed E-state index contributed by atoms with van der Waals surface area (Å²) >= 11 is 11.7. The number of nitrogens with zero attached hydrogens (tertiary/aromatic N) is 1. The van der Waals surface area contributed by atoms with Gasteiger partial charge in [-0.3, -0.25) is 9.52 Å². The van der Waals surface area contributed by atoms with E-state index in [1.807, 2.05) is 0 Å². The van der Waals surface area contributed by atoms with Gasteiger partial charge >= 0.3 is 0 Å². The molecule has 3 rings (SSSR count). The van der Waals surface area contributed by atoms with Gasteiger partial charge in [0.2, 0.25) is 15.9 Å². The maximum Gasteiger partial charge on any atom is 0.261 e. The minimum absolute atomic E-state index is 0.0836. The van der Waals surface area contributed by atoms with Crippen LogP contribution in [0.2, 0.25) is 10.0 Å². The molecular formula is C17H16Cl2N2O5S2. The monoisotopic (exact) mass is 462 g/mol. The van der Waals surface area contributed by atoms with Crippen molar-refractivity contribution in [1.29, 1.82) is 0 Å². The highest BCUT2D eigenvalue weighted by Gasteiger charge is 2.49. The van der Waals surface area contributed by atoms with Crippen LogP contribution in [0.4, 0.5) is 11.4 Å². The van der Waals surface area contributed by atoms with Crippen LogP contribution in [0.5, 0.6) is 0 Å². The summed E-state index contributed by atoms with van der Waals surface area (Å²) < 4.78 is 52.8. The molecule has 1 amide bonds. The summed E-state index contributed by atoms with van der Waals surface area (Å²) in [4.78, 5) is 12.3. The predicted molar refractivity (Wildman–Crippen MR) is 109 cm³/mol. The van der Waals surface area contributed by atoms with Crippen molar-refractivity contribution in [2.75, 3.05) is 14.8 Å². The van der Waals surface area contributed by atoms with Crippen molar-refractivity contribution >= 4 is 60.5 Å². The molecule has 11 heteroatoms. The van der Waals surface area contributed by atoms with Gasteiger partial charge in [0.05, 0.1) is 27.4 Å². The first-order chi connectivity index (χ1) is 12.8. The Kier molecular flexibility index (Phi) is 5.16. The average Bonchev–Trinajstić information content (AvgIpc) is 2.69. The Labute approximate surface area is 173 Å². The minimum atomic E-state index is -3.97. The first-order valence-electron chi connectivity index (χ1n) is 7.98. The Balaban J connectivity index is 1.91. The van der Waals surface area contributed by atoms with Gasteiger partial charge < -0.3 is 0 Å². The second-order valence-corrected chi connectivity index (χ2v) is 11.3. The molecule has 0 aromatic heterocycles. The summed E-state index contributed by atoms with van der Waals surface area (Å²) in [5, 5.41) is 0.529. The molecule has 1 aliphatic heterocycles. The number of halogens is 2. The Morgan fingerprint density at radius 3 is 2.04 bits per heavy atom. The fraction of sp³-hybridized carbons (Fsp3) is 0.235. The number of carbonyl (C=O) groups is 1. The Morgan fingerprint density at radius 2 is 1.57 bits per heavy atom. The van der Waals surface area contributed by atoms with Gasteiger partial charge in [-0.1, -0.05) is 23.2 Å². The van der Waals surface area contributed by atoms with Gasteiger partial charge in [0.15, 0.2) is 0 Å². The highest BCUT2D eigenvalue weighted by Crippen LogP contribution is 2.36. The lowest BCUT2D eigenvalue weighted by atomic mass is 9.95. The van der Waals surface area contributed by atoms with Crippen LogP contribution in [0.15, 0.2) is 47.4 Å². The molecule has 1 N–H and O–H groups in total. The van der Waals surface area contributed by atoms with E-state index < -0.39 is 31.4 Å². The maximum atomic E-state index is 12.6. The van der Waals surface area contributed by atoms with Crippen molar-refractivity contribution in [1.82, 2.24) is 0 Å². The second-order valence-electron chi connectivity index (χ2n) is 6.97. The molecule has 1 heterocycles. The molecule has 7 nitrogen and oxygen atoms in total. The number of sulfonamides is 2. The fourth-order valence-corrected chi connectivity index (χ4v) is 6.52. The van der Waals surface area contributed by atoms with E-state index in [1.165, 1.54) is 42.5 Å². The number of hydrogen-bond acceptors (Lipinski definition) is 5. The standard InChI is InChI=1S/C17H16Cl2N2O5S2/c1-17(2)10-27(23,24)21(16(17)22)14-3-5-15(6-4-14)28(25,26)20-13-8-11(18)7-12(19)9-13/h3-9,20H,10H2,1-2H3. The third kappa shape index (κ3) is 3.98. The number of nitrogens with one attached hydrogen (secondary N) is 1. The van der Waals surface area contributed by atoms with Crippen LogP contribution >= 0.6 is 23.2 Å². The topological polar surface area (TPSA) is 101 Å². The molecule has 0 aliphatic carbocycles. The first-order valence-corrected chi connectivity index (χ1v) is 11.8. The summed E-state index contributed by atoms with van der Waals surface area (Å²) in [6.07, 6.45) is 0. The smallest absolute Gasteiger partial charge is 0.261 e. The quantitative estimate of drug-likeness (QED) is 0.748. The van der Waals surface area contributed by atoms with E-state index in [-0.39, 0.29) is 32.1 Å². The summed E-state index contributed by atoms with van der Waals surface area (Å²) in [6.45, 7) is 3.09. The Hall–Kier alpha value is -1.81. The number of benzene rings is 2. The lowest BCUT2D eigenvalue weighted by Crippen LogP contribution is -2.32. The van der Waals surface area contributed by atoms with Gasteiger partial charge in [-0.15, -0.1) is 0 Å². The maximum absolute atomic E-state index is 12.6. The van der Waals surface area contributed by atoms with Gasteiger partial charge in [-0.05, 0) is 56.3 Å². The van der Waals surface area contributed by atoms with Gasteiger partial charge in [0.1, 0.15) is 0 Å². The van der Waals surface area contributed by atoms with Crippen LogP contribution in [0.25, 0.3) is 0 Å². The van der Waals surface area contributed by atoms with Crippen molar-refractivity contribution in [3.63, 3.8) is 0 Å². The predicted octanol–water partition coefficient (Wildman–Crippen LogP) is 3.50. The molecule has 0 unspecified atom stereocenters. The molecule has 0 radical (unpaired) electrons. The number of anilines is 2. The van der Waals surface area contributed by atoms with Crippen molar-refractivity contribution < 1.29 is 21.6 Å². The van der Waals surface area contributed by atoms with Crippen LogP contribution in [-0.2, 0) is 24.8 Å². The van der Waals surface area contributed by atoms with E-state index in [2.05, 4.69) is 4.72 Å². The van der Waals surface area contributed by atoms with Crippen molar-refractivity contribution in [3.8, 4) is 0 Å². The third-order valence-electron chi connectivity index (χ3n) is 4.08. The van der Waals surface area contributed by atoms with Crippen molar-refractivity contribution in [3.05, 3.63) is 52.5 Å². The van der Waals surface area contributed by atoms with E-state index in [0.29, 0.717) is 4.31 Å². The number of carbonyl (C=O) groups excluding carboxylic acids is 1. The molecule has 28 heavy (non-hydrogen) atoms. The molecule has 0 atom stereocenters. The van der Waals surface area contributed by atoms with E-state index >= 15 is 0 Å². The van der Waals surface area contributed by atoms with Gasteiger partial charge in [-0.25, -0.2) is 21.1 Å². The van der Waals surface area contributed by atoms with Crippen molar-refractivity contribution in [2.24, 2.45) is 5.41 Å².